The molecule has 5 nitrogen and oxygen atoms in total. The average Bonchev–Trinajstić information content (AvgIpc) is 2.65. The Morgan fingerprint density at radius 2 is 2.43 bits per heavy atom. The summed E-state index contributed by atoms with van der Waals surface area (Å²) in [5.41, 5.74) is 5.57. The third-order valence-electron chi connectivity index (χ3n) is 3.80. The first kappa shape index (κ1) is 8.23. The minimum atomic E-state index is -0.302. The lowest BCUT2D eigenvalue weighted by Crippen LogP contribution is -2.60. The Kier molecular flexibility index (Phi) is 1.45. The molecule has 3 aliphatic heterocycles. The highest BCUT2D eigenvalue weighted by atomic mass is 16.2. The Morgan fingerprint density at radius 3 is 3.14 bits per heavy atom. The summed E-state index contributed by atoms with van der Waals surface area (Å²) in [5, 5.41) is 2.95. The number of nitrogens with one attached hydrogen (secondary N) is 1. The average molecular weight is 194 g/mol. The molecule has 2 fully saturated rings. The van der Waals surface area contributed by atoms with Crippen LogP contribution in [0.4, 0.5) is 4.79 Å². The molecule has 2 amide bonds. The van der Waals surface area contributed by atoms with Crippen LogP contribution in [0.1, 0.15) is 12.8 Å². The lowest BCUT2D eigenvalue weighted by atomic mass is 9.78. The number of nitrogens with two attached hydrogens (primary N) is 1. The van der Waals surface area contributed by atoms with Gasteiger partial charge in [0.05, 0.1) is 0 Å². The van der Waals surface area contributed by atoms with Crippen LogP contribution in [0.2, 0.25) is 0 Å². The summed E-state index contributed by atoms with van der Waals surface area (Å²) in [6, 6.07) is -0.261. The SMILES string of the molecule is NC1=NC(=O)NC12CCN1CCC2C1. The highest BCUT2D eigenvalue weighted by Gasteiger charge is 2.52. The van der Waals surface area contributed by atoms with E-state index in [4.69, 9.17) is 5.73 Å². The van der Waals surface area contributed by atoms with Crippen LogP contribution in [0.25, 0.3) is 0 Å². The molecule has 14 heavy (non-hydrogen) atoms. The number of amides is 2. The number of carbonyl (C=O) groups is 1. The molecule has 0 aromatic rings. The summed E-state index contributed by atoms with van der Waals surface area (Å²) < 4.78 is 0. The summed E-state index contributed by atoms with van der Waals surface area (Å²) in [6.07, 6.45) is 2.04. The van der Waals surface area contributed by atoms with Gasteiger partial charge in [0.2, 0.25) is 0 Å². The van der Waals surface area contributed by atoms with Crippen LogP contribution in [-0.4, -0.2) is 41.9 Å². The maximum absolute atomic E-state index is 11.2. The van der Waals surface area contributed by atoms with E-state index >= 15 is 0 Å². The van der Waals surface area contributed by atoms with Crippen LogP contribution in [-0.2, 0) is 0 Å². The fraction of sp³-hybridized carbons (Fsp3) is 0.778. The van der Waals surface area contributed by atoms with E-state index in [1.165, 1.54) is 0 Å². The standard InChI is InChI=1S/C9H14N4O/c10-7-9(12-8(14)11-7)2-4-13-3-1-6(9)5-13/h6H,1-5H2,(H3,10,11,12,14). The van der Waals surface area contributed by atoms with Gasteiger partial charge in [0, 0.05) is 19.0 Å². The minimum absolute atomic E-state index is 0.261. The number of rotatable bonds is 0. The lowest BCUT2D eigenvalue weighted by molar-refractivity contribution is 0.189. The van der Waals surface area contributed by atoms with Crippen LogP contribution < -0.4 is 11.1 Å². The first-order chi connectivity index (χ1) is 6.71. The molecular formula is C9H14N4O. The highest BCUT2D eigenvalue weighted by Crippen LogP contribution is 2.37. The Bertz CT molecular complexity index is 327. The summed E-state index contributed by atoms with van der Waals surface area (Å²) in [7, 11) is 0. The van der Waals surface area contributed by atoms with E-state index in [1.807, 2.05) is 0 Å². The Labute approximate surface area is 82.3 Å². The maximum atomic E-state index is 11.2. The third kappa shape index (κ3) is 0.877. The zero-order chi connectivity index (χ0) is 9.76. The topological polar surface area (TPSA) is 70.7 Å². The molecule has 0 aliphatic carbocycles. The molecule has 3 N–H and O–H groups in total. The van der Waals surface area contributed by atoms with Crippen molar-refractivity contribution in [3.8, 4) is 0 Å². The van der Waals surface area contributed by atoms with Crippen molar-refractivity contribution >= 4 is 11.9 Å². The summed E-state index contributed by atoms with van der Waals surface area (Å²) in [4.78, 5) is 17.4. The fourth-order valence-corrected chi connectivity index (χ4v) is 2.97. The number of piperidine rings is 1. The van der Waals surface area contributed by atoms with Crippen LogP contribution in [0.5, 0.6) is 0 Å². The van der Waals surface area contributed by atoms with E-state index in [-0.39, 0.29) is 11.6 Å². The summed E-state index contributed by atoms with van der Waals surface area (Å²) in [5.74, 6) is 0.973. The van der Waals surface area contributed by atoms with Gasteiger partial charge in [-0.1, -0.05) is 0 Å². The van der Waals surface area contributed by atoms with Gasteiger partial charge in [-0.15, -0.1) is 0 Å². The zero-order valence-electron chi connectivity index (χ0n) is 7.99. The number of nitrogens with zero attached hydrogens (tertiary/aromatic N) is 2. The maximum Gasteiger partial charge on any atom is 0.343 e. The molecule has 3 aliphatic rings. The quantitative estimate of drug-likeness (QED) is 0.547. The van der Waals surface area contributed by atoms with E-state index < -0.39 is 0 Å². The van der Waals surface area contributed by atoms with Crippen LogP contribution in [0.15, 0.2) is 4.99 Å². The predicted octanol–water partition coefficient (Wildman–Crippen LogP) is -0.469. The lowest BCUT2D eigenvalue weighted by Gasteiger charge is -2.39. The second-order valence-electron chi connectivity index (χ2n) is 4.43. The van der Waals surface area contributed by atoms with Crippen molar-refractivity contribution in [1.82, 2.24) is 10.2 Å². The predicted molar refractivity (Wildman–Crippen MR) is 52.0 cm³/mol. The molecular weight excluding hydrogens is 180 g/mol. The van der Waals surface area contributed by atoms with Crippen LogP contribution >= 0.6 is 0 Å². The minimum Gasteiger partial charge on any atom is -0.385 e. The number of urea groups is 1. The zero-order valence-corrected chi connectivity index (χ0v) is 7.99. The molecule has 3 atom stereocenters. The number of carbonyl (C=O) groups excluding carboxylic acids is 1. The molecule has 3 heterocycles. The van der Waals surface area contributed by atoms with Crippen molar-refractivity contribution in [2.45, 2.75) is 18.4 Å². The van der Waals surface area contributed by atoms with Crippen molar-refractivity contribution in [2.75, 3.05) is 19.6 Å². The van der Waals surface area contributed by atoms with E-state index in [2.05, 4.69) is 15.2 Å². The van der Waals surface area contributed by atoms with Gasteiger partial charge in [-0.2, -0.15) is 4.99 Å². The smallest absolute Gasteiger partial charge is 0.343 e. The van der Waals surface area contributed by atoms with Crippen molar-refractivity contribution < 1.29 is 4.79 Å². The number of hydrogen-bond acceptors (Lipinski definition) is 3. The second-order valence-corrected chi connectivity index (χ2v) is 4.43. The largest absolute Gasteiger partial charge is 0.385 e. The molecule has 0 aromatic heterocycles. The van der Waals surface area contributed by atoms with Gasteiger partial charge in [-0.25, -0.2) is 4.79 Å². The molecule has 1 spiro atoms. The number of hydrogen-bond donors (Lipinski definition) is 2. The molecule has 0 radical (unpaired) electrons. The van der Waals surface area contributed by atoms with E-state index in [0.717, 1.165) is 32.5 Å². The molecule has 3 unspecified atom stereocenters. The molecule has 5 heteroatoms. The van der Waals surface area contributed by atoms with Crippen molar-refractivity contribution in [2.24, 2.45) is 16.6 Å². The van der Waals surface area contributed by atoms with Crippen LogP contribution in [0, 0.1) is 5.92 Å². The Morgan fingerprint density at radius 1 is 1.57 bits per heavy atom. The summed E-state index contributed by atoms with van der Waals surface area (Å²) in [6.45, 7) is 3.21. The Balaban J connectivity index is 1.97. The van der Waals surface area contributed by atoms with E-state index in [1.54, 1.807) is 0 Å². The molecule has 2 bridgehead atoms. The first-order valence-corrected chi connectivity index (χ1v) is 5.10. The van der Waals surface area contributed by atoms with E-state index in [0.29, 0.717) is 11.8 Å². The summed E-state index contributed by atoms with van der Waals surface area (Å²) >= 11 is 0. The van der Waals surface area contributed by atoms with Crippen molar-refractivity contribution in [1.29, 1.82) is 0 Å². The monoisotopic (exact) mass is 194 g/mol. The van der Waals surface area contributed by atoms with Crippen molar-refractivity contribution in [3.63, 3.8) is 0 Å². The normalized spacial score (nSPS) is 45.4. The molecule has 2 saturated heterocycles. The van der Waals surface area contributed by atoms with Gasteiger partial charge in [0.1, 0.15) is 11.4 Å². The highest BCUT2D eigenvalue weighted by molar-refractivity contribution is 6.06. The Hall–Kier alpha value is -1.10. The number of amidine groups is 1. The van der Waals surface area contributed by atoms with Gasteiger partial charge >= 0.3 is 6.03 Å². The van der Waals surface area contributed by atoms with Gasteiger partial charge in [-0.3, -0.25) is 0 Å². The molecule has 3 rings (SSSR count). The van der Waals surface area contributed by atoms with Gasteiger partial charge < -0.3 is 16.0 Å². The van der Waals surface area contributed by atoms with Crippen LogP contribution in [0.3, 0.4) is 0 Å². The second kappa shape index (κ2) is 2.48. The van der Waals surface area contributed by atoms with Gasteiger partial charge in [0.15, 0.2) is 0 Å². The van der Waals surface area contributed by atoms with Gasteiger partial charge in [-0.05, 0) is 19.4 Å². The number of fused-ring (bicyclic) bond motifs is 3. The van der Waals surface area contributed by atoms with Gasteiger partial charge in [0.25, 0.3) is 0 Å². The molecule has 76 valence electrons. The number of aliphatic imine (C=N–C) groups is 1. The molecule has 0 saturated carbocycles. The van der Waals surface area contributed by atoms with E-state index in [9.17, 15) is 4.79 Å². The fourth-order valence-electron chi connectivity index (χ4n) is 2.97. The van der Waals surface area contributed by atoms with Crippen molar-refractivity contribution in [3.05, 3.63) is 0 Å². The first-order valence-electron chi connectivity index (χ1n) is 5.10. The third-order valence-corrected chi connectivity index (χ3v) is 3.80. The molecule has 0 aromatic carbocycles.